The first-order valence-electron chi connectivity index (χ1n) is 7.23. The summed E-state index contributed by atoms with van der Waals surface area (Å²) >= 11 is 1.36. The zero-order chi connectivity index (χ0) is 17.5. The summed E-state index contributed by atoms with van der Waals surface area (Å²) in [5.41, 5.74) is 1.17. The molecular formula is C17H19NO5S. The summed E-state index contributed by atoms with van der Waals surface area (Å²) in [6.45, 7) is 2.09. The first kappa shape index (κ1) is 17.8. The van der Waals surface area contributed by atoms with E-state index in [1.165, 1.54) is 11.3 Å². The number of hydrogen-bond donors (Lipinski definition) is 0. The topological polar surface area (TPSA) is 66.9 Å². The Balaban J connectivity index is 2.24. The maximum absolute atomic E-state index is 11.6. The molecule has 1 heterocycles. The van der Waals surface area contributed by atoms with Crippen molar-refractivity contribution in [2.75, 3.05) is 27.9 Å². The van der Waals surface area contributed by atoms with E-state index in [0.29, 0.717) is 34.6 Å². The molecule has 1 aromatic heterocycles. The minimum Gasteiger partial charge on any atom is -0.493 e. The predicted molar refractivity (Wildman–Crippen MR) is 93.1 cm³/mol. The van der Waals surface area contributed by atoms with Crippen LogP contribution >= 0.6 is 11.3 Å². The summed E-state index contributed by atoms with van der Waals surface area (Å²) in [6.07, 6.45) is 3.67. The van der Waals surface area contributed by atoms with E-state index >= 15 is 0 Å². The van der Waals surface area contributed by atoms with E-state index in [-0.39, 0.29) is 0 Å². The fraction of sp³-hybridized carbons (Fsp3) is 0.294. The number of esters is 1. The van der Waals surface area contributed by atoms with Crippen LogP contribution in [0, 0.1) is 0 Å². The molecule has 0 unspecified atom stereocenters. The number of ether oxygens (including phenoxy) is 4. The molecule has 7 heteroatoms. The number of carbonyl (C=O) groups is 1. The molecule has 0 aliphatic rings. The van der Waals surface area contributed by atoms with Crippen LogP contribution in [-0.4, -0.2) is 38.9 Å². The number of benzene rings is 1. The van der Waals surface area contributed by atoms with Crippen molar-refractivity contribution in [3.8, 4) is 17.2 Å². The van der Waals surface area contributed by atoms with Gasteiger partial charge in [0.25, 0.3) is 0 Å². The first-order valence-corrected chi connectivity index (χ1v) is 8.11. The molecule has 0 saturated heterocycles. The number of rotatable bonds is 7. The third kappa shape index (κ3) is 4.05. The zero-order valence-corrected chi connectivity index (χ0v) is 14.8. The van der Waals surface area contributed by atoms with Crippen LogP contribution in [0.3, 0.4) is 0 Å². The Hall–Kier alpha value is -2.54. The lowest BCUT2D eigenvalue weighted by Crippen LogP contribution is -2.04. The van der Waals surface area contributed by atoms with Gasteiger partial charge in [-0.3, -0.25) is 0 Å². The van der Waals surface area contributed by atoms with Crippen LogP contribution in [0.5, 0.6) is 17.2 Å². The van der Waals surface area contributed by atoms with Crippen molar-refractivity contribution < 1.29 is 23.7 Å². The Labute approximate surface area is 144 Å². The molecule has 6 nitrogen and oxygen atoms in total. The number of hydrogen-bond acceptors (Lipinski definition) is 7. The van der Waals surface area contributed by atoms with Crippen LogP contribution in [0.15, 0.2) is 17.5 Å². The van der Waals surface area contributed by atoms with Crippen LogP contribution in [0.4, 0.5) is 0 Å². The summed E-state index contributed by atoms with van der Waals surface area (Å²) in [5.74, 6) is 1.27. The van der Waals surface area contributed by atoms with Crippen molar-refractivity contribution in [2.24, 2.45) is 0 Å². The van der Waals surface area contributed by atoms with Crippen molar-refractivity contribution in [3.63, 3.8) is 0 Å². The second kappa shape index (κ2) is 8.35. The Morgan fingerprint density at radius 3 is 2.33 bits per heavy atom. The molecule has 0 bridgehead atoms. The van der Waals surface area contributed by atoms with Crippen molar-refractivity contribution in [1.29, 1.82) is 0 Å². The van der Waals surface area contributed by atoms with Crippen molar-refractivity contribution in [2.45, 2.75) is 6.92 Å². The predicted octanol–water partition coefficient (Wildman–Crippen LogP) is 3.52. The van der Waals surface area contributed by atoms with Gasteiger partial charge in [-0.25, -0.2) is 9.78 Å². The number of thiazole rings is 1. The molecule has 0 aliphatic heterocycles. The Kier molecular flexibility index (Phi) is 6.20. The van der Waals surface area contributed by atoms with E-state index in [4.69, 9.17) is 18.9 Å². The Morgan fingerprint density at radius 2 is 1.79 bits per heavy atom. The minimum atomic E-state index is -0.416. The highest BCUT2D eigenvalue weighted by molar-refractivity contribution is 7.10. The smallest absolute Gasteiger partial charge is 0.357 e. The lowest BCUT2D eigenvalue weighted by molar-refractivity contribution is 0.0520. The molecule has 2 rings (SSSR count). The van der Waals surface area contributed by atoms with E-state index in [1.54, 1.807) is 33.6 Å². The van der Waals surface area contributed by atoms with Crippen molar-refractivity contribution >= 4 is 29.5 Å². The van der Waals surface area contributed by atoms with Gasteiger partial charge in [-0.05, 0) is 30.7 Å². The second-order valence-electron chi connectivity index (χ2n) is 4.58. The van der Waals surface area contributed by atoms with Crippen LogP contribution in [-0.2, 0) is 4.74 Å². The van der Waals surface area contributed by atoms with Crippen LogP contribution in [0.25, 0.3) is 12.2 Å². The summed E-state index contributed by atoms with van der Waals surface area (Å²) in [6, 6.07) is 3.66. The average Bonchev–Trinajstić information content (AvgIpc) is 3.08. The van der Waals surface area contributed by atoms with Crippen LogP contribution in [0.2, 0.25) is 0 Å². The normalized spacial score (nSPS) is 10.7. The van der Waals surface area contributed by atoms with E-state index < -0.39 is 5.97 Å². The van der Waals surface area contributed by atoms with Gasteiger partial charge < -0.3 is 18.9 Å². The Bertz CT molecular complexity index is 713. The molecule has 0 atom stereocenters. The van der Waals surface area contributed by atoms with E-state index in [1.807, 2.05) is 24.3 Å². The van der Waals surface area contributed by atoms with Crippen molar-refractivity contribution in [1.82, 2.24) is 4.98 Å². The van der Waals surface area contributed by atoms with Gasteiger partial charge in [0.1, 0.15) is 5.01 Å². The second-order valence-corrected chi connectivity index (χ2v) is 5.47. The third-order valence-corrected chi connectivity index (χ3v) is 3.92. The zero-order valence-electron chi connectivity index (χ0n) is 14.0. The lowest BCUT2D eigenvalue weighted by Gasteiger charge is -2.12. The average molecular weight is 349 g/mol. The molecule has 2 aromatic rings. The molecular weight excluding hydrogens is 330 g/mol. The van der Waals surface area contributed by atoms with Crippen molar-refractivity contribution in [3.05, 3.63) is 33.8 Å². The SMILES string of the molecule is CCOC(=O)c1csc(/C=C/c2cc(OC)c(OC)c(OC)c2)n1. The Morgan fingerprint density at radius 1 is 1.12 bits per heavy atom. The molecule has 0 radical (unpaired) electrons. The number of aromatic nitrogens is 1. The minimum absolute atomic E-state index is 0.311. The van der Waals surface area contributed by atoms with Gasteiger partial charge in [0, 0.05) is 5.38 Å². The van der Waals surface area contributed by atoms with E-state index in [0.717, 1.165) is 5.56 Å². The fourth-order valence-corrected chi connectivity index (χ4v) is 2.71. The summed E-state index contributed by atoms with van der Waals surface area (Å²) in [5, 5.41) is 2.37. The molecule has 1 aromatic carbocycles. The number of methoxy groups -OCH3 is 3. The highest BCUT2D eigenvalue weighted by Gasteiger charge is 2.13. The van der Waals surface area contributed by atoms with Gasteiger partial charge in [0.2, 0.25) is 5.75 Å². The quantitative estimate of drug-likeness (QED) is 0.713. The van der Waals surface area contributed by atoms with Gasteiger partial charge in [0.05, 0.1) is 27.9 Å². The largest absolute Gasteiger partial charge is 0.493 e. The molecule has 0 fully saturated rings. The van der Waals surface area contributed by atoms with Gasteiger partial charge in [-0.15, -0.1) is 11.3 Å². The number of carbonyl (C=O) groups excluding carboxylic acids is 1. The molecule has 0 amide bonds. The molecule has 0 spiro atoms. The van der Waals surface area contributed by atoms with E-state index in [2.05, 4.69) is 4.98 Å². The van der Waals surface area contributed by atoms with Gasteiger partial charge in [-0.2, -0.15) is 0 Å². The summed E-state index contributed by atoms with van der Waals surface area (Å²) in [4.78, 5) is 15.9. The van der Waals surface area contributed by atoms with E-state index in [9.17, 15) is 4.79 Å². The maximum Gasteiger partial charge on any atom is 0.357 e. The first-order chi connectivity index (χ1) is 11.6. The van der Waals surface area contributed by atoms with Crippen LogP contribution in [0.1, 0.15) is 28.0 Å². The third-order valence-electron chi connectivity index (χ3n) is 3.11. The molecule has 0 saturated carbocycles. The molecule has 0 aliphatic carbocycles. The highest BCUT2D eigenvalue weighted by atomic mass is 32.1. The summed E-state index contributed by atoms with van der Waals surface area (Å²) < 4.78 is 20.9. The highest BCUT2D eigenvalue weighted by Crippen LogP contribution is 2.38. The molecule has 24 heavy (non-hydrogen) atoms. The standard InChI is InChI=1S/C17H19NO5S/c1-5-23-17(19)12-10-24-15(18-12)7-6-11-8-13(20-2)16(22-4)14(9-11)21-3/h6-10H,5H2,1-4H3/b7-6+. The van der Waals surface area contributed by atoms with Gasteiger partial charge in [0.15, 0.2) is 17.2 Å². The molecule has 128 valence electrons. The fourth-order valence-electron chi connectivity index (χ4n) is 2.03. The van der Waals surface area contributed by atoms with Gasteiger partial charge >= 0.3 is 5.97 Å². The monoisotopic (exact) mass is 349 g/mol. The maximum atomic E-state index is 11.6. The molecule has 0 N–H and O–H groups in total. The number of nitrogens with zero attached hydrogens (tertiary/aromatic N) is 1. The lowest BCUT2D eigenvalue weighted by atomic mass is 10.1. The van der Waals surface area contributed by atoms with Gasteiger partial charge in [-0.1, -0.05) is 6.08 Å². The summed E-state index contributed by atoms with van der Waals surface area (Å²) in [7, 11) is 4.69. The van der Waals surface area contributed by atoms with Crippen LogP contribution < -0.4 is 14.2 Å².